The number of hydrogen-bond acceptors (Lipinski definition) is 23. The third kappa shape index (κ3) is 11.5. The molecule has 0 bridgehead atoms. The largest absolute Gasteiger partial charge is 0.507 e. The number of rotatable bonds is 18. The molecule has 29 nitrogen and oxygen atoms in total. The quantitative estimate of drug-likeness (QED) is 0.0445. The molecule has 9 N–H and O–H groups in total. The van der Waals surface area contributed by atoms with Crippen LogP contribution in [0, 0.1) is 0 Å². The Bertz CT molecular complexity index is 3510. The number of carboxylic acids is 1. The van der Waals surface area contributed by atoms with E-state index in [9.17, 15) is 87.0 Å². The first kappa shape index (κ1) is 50.9. The number of aliphatic carboxylic acids is 1. The zero-order chi connectivity index (χ0) is 50.8. The van der Waals surface area contributed by atoms with E-state index in [4.69, 9.17) is 9.47 Å². The fraction of sp³-hybridized carbons (Fsp3) is 0.139. The lowest BCUT2D eigenvalue weighted by Gasteiger charge is -2.13. The molecule has 5 aromatic carbocycles. The third-order valence-electron chi connectivity index (χ3n) is 8.96. The number of aromatic hydroxyl groups is 2. The van der Waals surface area contributed by atoms with Gasteiger partial charge in [0.25, 0.3) is 46.4 Å². The minimum atomic E-state index is -5.33. The topological polar surface area (TPSA) is 461 Å². The number of nitrogens with zero attached hydrogens (tertiary/aromatic N) is 8. The monoisotopic (exact) mass is 1040 g/mol. The molecule has 69 heavy (non-hydrogen) atoms. The van der Waals surface area contributed by atoms with Gasteiger partial charge < -0.3 is 35.0 Å². The van der Waals surface area contributed by atoms with Gasteiger partial charge in [0.2, 0.25) is 6.04 Å². The number of aliphatic hydroxyl groups is 2. The molecule has 1 amide bonds. The number of phenols is 2. The van der Waals surface area contributed by atoms with Crippen molar-refractivity contribution in [2.24, 2.45) is 35.8 Å². The molecule has 0 aliphatic carbocycles. The predicted molar refractivity (Wildman–Crippen MR) is 230 cm³/mol. The van der Waals surface area contributed by atoms with Crippen LogP contribution in [0.4, 0.5) is 34.1 Å². The highest BCUT2D eigenvalue weighted by Gasteiger charge is 2.41. The molecule has 0 fully saturated rings. The first-order chi connectivity index (χ1) is 32.2. The maximum absolute atomic E-state index is 13.2. The highest BCUT2D eigenvalue weighted by atomic mass is 32.2. The van der Waals surface area contributed by atoms with Gasteiger partial charge in [-0.15, -0.1) is 20.5 Å². The number of benzene rings is 5. The zero-order valence-corrected chi connectivity index (χ0v) is 37.2. The highest BCUT2D eigenvalue weighted by Crippen LogP contribution is 2.47. The van der Waals surface area contributed by atoms with Crippen molar-refractivity contribution in [1.82, 2.24) is 0 Å². The van der Waals surface area contributed by atoms with Gasteiger partial charge in [-0.3, -0.25) is 23.0 Å². The molecule has 0 radical (unpaired) electrons. The SMILES string of the molecule is O=C(O)C1=NN(c2ccc(S(=O)(=O)O)cc2)C(=O)C1/N=N/c1ccc(/N=N/c2cc(OCCO)c(/N=N/c3c(S(=O)(=O)O)cc4cc(S(=O)(=O)O)cc(O)c4c3O)cc2OCCO)c(S(=O)(=O)O)c1. The number of aliphatic hydroxyl groups excluding tert-OH is 2. The summed E-state index contributed by atoms with van der Waals surface area (Å²) in [6, 6.07) is 8.44. The molecule has 33 heteroatoms. The van der Waals surface area contributed by atoms with E-state index in [-0.39, 0.29) is 22.9 Å². The molecule has 0 saturated heterocycles. The lowest BCUT2D eigenvalue weighted by atomic mass is 10.1. The van der Waals surface area contributed by atoms with Crippen molar-refractivity contribution in [2.45, 2.75) is 25.6 Å². The Balaban J connectivity index is 1.37. The lowest BCUT2D eigenvalue weighted by molar-refractivity contribution is -0.130. The Hall–Kier alpha value is -7.47. The van der Waals surface area contributed by atoms with Crippen molar-refractivity contribution in [1.29, 1.82) is 0 Å². The van der Waals surface area contributed by atoms with Crippen molar-refractivity contribution in [3.63, 3.8) is 0 Å². The summed E-state index contributed by atoms with van der Waals surface area (Å²) in [6.45, 7) is -2.15. The molecule has 0 saturated carbocycles. The molecule has 0 aromatic heterocycles. The van der Waals surface area contributed by atoms with Crippen LogP contribution in [-0.4, -0.2) is 127 Å². The molecule has 6 rings (SSSR count). The van der Waals surface area contributed by atoms with Crippen molar-refractivity contribution >= 4 is 103 Å². The number of azo groups is 3. The van der Waals surface area contributed by atoms with E-state index in [2.05, 4.69) is 35.8 Å². The second kappa shape index (κ2) is 19.6. The van der Waals surface area contributed by atoms with Crippen molar-refractivity contribution in [3.05, 3.63) is 72.8 Å². The van der Waals surface area contributed by atoms with E-state index in [0.717, 1.165) is 48.5 Å². The standard InChI is InChI=1S/C36H30N8O21S4/c45-7-9-64-26-16-24(40-41-31-29(69(61,62)63)12-17-11-21(67(55,56)57)14-25(47)30(17)34(31)48)27(65-10-8-46)15-23(26)39-38-22-6-1-18(13-28(22)68(58,59)60)37-42-32-33(36(50)51)43-44(35(32)49)19-2-4-20(5-3-19)66(52,53)54/h1-6,11-16,32,45-48H,7-10H2,(H,50,51)(H,52,53,54)(H,55,56,57)(H,58,59,60)(H,61,62,63)/b39-38+,41-40+,42-37+. The van der Waals surface area contributed by atoms with Gasteiger partial charge in [0, 0.05) is 18.2 Å². The number of carbonyl (C=O) groups excluding carboxylic acids is 1. The van der Waals surface area contributed by atoms with Crippen molar-refractivity contribution in [3.8, 4) is 23.0 Å². The van der Waals surface area contributed by atoms with Crippen LogP contribution in [0.25, 0.3) is 10.8 Å². The maximum atomic E-state index is 13.2. The second-order valence-corrected chi connectivity index (χ2v) is 19.2. The molecule has 1 unspecified atom stereocenters. The van der Waals surface area contributed by atoms with E-state index < -0.39 is 155 Å². The number of phenolic OH excluding ortho intramolecular Hbond substituents is 2. The van der Waals surface area contributed by atoms with Crippen LogP contribution in [0.1, 0.15) is 0 Å². The predicted octanol–water partition coefficient (Wildman–Crippen LogP) is 3.75. The van der Waals surface area contributed by atoms with Gasteiger partial charge in [0.05, 0.1) is 39.8 Å². The molecular formula is C36H30N8O21S4. The minimum Gasteiger partial charge on any atom is -0.507 e. The number of hydrazone groups is 1. The van der Waals surface area contributed by atoms with Gasteiger partial charge in [-0.05, 0) is 60.0 Å². The molecule has 1 aliphatic rings. The zero-order valence-electron chi connectivity index (χ0n) is 34.0. The summed E-state index contributed by atoms with van der Waals surface area (Å²) in [5.74, 6) is -5.67. The number of fused-ring (bicyclic) bond motifs is 1. The molecule has 364 valence electrons. The summed E-state index contributed by atoms with van der Waals surface area (Å²) in [6.07, 6.45) is 0. The van der Waals surface area contributed by atoms with Gasteiger partial charge in [0.1, 0.15) is 63.0 Å². The number of anilines is 1. The van der Waals surface area contributed by atoms with E-state index in [0.29, 0.717) is 29.3 Å². The fourth-order valence-electron chi connectivity index (χ4n) is 5.96. The molecule has 5 aromatic rings. The van der Waals surface area contributed by atoms with Gasteiger partial charge in [-0.25, -0.2) is 4.79 Å². The van der Waals surface area contributed by atoms with Crippen LogP contribution in [0.3, 0.4) is 0 Å². The summed E-state index contributed by atoms with van der Waals surface area (Å²) < 4.78 is 146. The van der Waals surface area contributed by atoms with Crippen LogP contribution < -0.4 is 14.5 Å². The van der Waals surface area contributed by atoms with Crippen LogP contribution in [-0.2, 0) is 50.1 Å². The fourth-order valence-corrected chi connectivity index (χ4v) is 8.28. The maximum Gasteiger partial charge on any atom is 0.355 e. The van der Waals surface area contributed by atoms with Crippen LogP contribution in [0.5, 0.6) is 23.0 Å². The molecule has 1 aliphatic heterocycles. The molecule has 1 heterocycles. The van der Waals surface area contributed by atoms with Crippen LogP contribution in [0.15, 0.2) is 128 Å². The average Bonchev–Trinajstić information content (AvgIpc) is 3.60. The Morgan fingerprint density at radius 3 is 1.71 bits per heavy atom. The Kier molecular flexibility index (Phi) is 14.5. The number of hydrogen-bond donors (Lipinski definition) is 9. The summed E-state index contributed by atoms with van der Waals surface area (Å²) in [4.78, 5) is 21.6. The van der Waals surface area contributed by atoms with E-state index in [1.807, 2.05) is 0 Å². The Labute approximate surface area is 386 Å². The van der Waals surface area contributed by atoms with Gasteiger partial charge in [0.15, 0.2) is 11.5 Å². The van der Waals surface area contributed by atoms with Crippen molar-refractivity contribution < 1.29 is 96.5 Å². The molecular weight excluding hydrogens is 1010 g/mol. The minimum absolute atomic E-state index is 0.135. The van der Waals surface area contributed by atoms with Crippen molar-refractivity contribution in [2.75, 3.05) is 31.4 Å². The number of carboxylic acid groups (broad SMARTS) is 1. The number of carbonyl (C=O) groups is 2. The third-order valence-corrected chi connectivity index (χ3v) is 12.4. The van der Waals surface area contributed by atoms with Gasteiger partial charge >= 0.3 is 5.97 Å². The Morgan fingerprint density at radius 1 is 0.638 bits per heavy atom. The highest BCUT2D eigenvalue weighted by molar-refractivity contribution is 7.86. The summed E-state index contributed by atoms with van der Waals surface area (Å²) in [5, 5.41) is 76.3. The lowest BCUT2D eigenvalue weighted by Crippen LogP contribution is -2.33. The molecule has 1 atom stereocenters. The summed E-state index contributed by atoms with van der Waals surface area (Å²) in [7, 11) is -20.1. The van der Waals surface area contributed by atoms with E-state index >= 15 is 0 Å². The van der Waals surface area contributed by atoms with Crippen LogP contribution in [0.2, 0.25) is 0 Å². The van der Waals surface area contributed by atoms with Crippen LogP contribution >= 0.6 is 0 Å². The second-order valence-electron chi connectivity index (χ2n) is 13.5. The number of ether oxygens (including phenoxy) is 2. The smallest absolute Gasteiger partial charge is 0.355 e. The Morgan fingerprint density at radius 2 is 1.19 bits per heavy atom. The van der Waals surface area contributed by atoms with E-state index in [1.54, 1.807) is 0 Å². The van der Waals surface area contributed by atoms with Gasteiger partial charge in [-0.1, -0.05) is 0 Å². The summed E-state index contributed by atoms with van der Waals surface area (Å²) in [5.41, 5.74) is -3.75. The molecule has 0 spiro atoms. The summed E-state index contributed by atoms with van der Waals surface area (Å²) >= 11 is 0. The number of amides is 1. The first-order valence-corrected chi connectivity index (χ1v) is 24.2. The first-order valence-electron chi connectivity index (χ1n) is 18.4. The average molecular weight is 1040 g/mol. The van der Waals surface area contributed by atoms with Gasteiger partial charge in [-0.2, -0.15) is 54.0 Å². The van der Waals surface area contributed by atoms with E-state index in [1.165, 1.54) is 0 Å². The normalized spacial score (nSPS) is 14.9.